The van der Waals surface area contributed by atoms with Crippen molar-refractivity contribution in [3.63, 3.8) is 0 Å². The van der Waals surface area contributed by atoms with Crippen LogP contribution in [0.2, 0.25) is 0 Å². The Hall–Kier alpha value is -3.77. The molecule has 2 saturated heterocycles. The molecule has 2 aliphatic rings. The normalized spacial score (nSPS) is 21.1. The summed E-state index contributed by atoms with van der Waals surface area (Å²) in [5, 5.41) is 0. The highest BCUT2D eigenvalue weighted by Crippen LogP contribution is 2.33. The molecular weight excluding hydrogens is 578 g/mol. The second-order valence-electron chi connectivity index (χ2n) is 11.6. The third-order valence-corrected chi connectivity index (χ3v) is 10.4. The Bertz CT molecular complexity index is 1710. The molecule has 1 amide bonds. The van der Waals surface area contributed by atoms with Crippen molar-refractivity contribution in [1.82, 2.24) is 18.8 Å². The monoisotopic (exact) mass is 617 g/mol. The molecular formula is C33H39N5O5S. The minimum atomic E-state index is -3.89. The van der Waals surface area contributed by atoms with Gasteiger partial charge in [0.15, 0.2) is 0 Å². The molecule has 0 aliphatic carbocycles. The van der Waals surface area contributed by atoms with Gasteiger partial charge in [0.05, 0.1) is 21.8 Å². The van der Waals surface area contributed by atoms with Crippen LogP contribution < -0.4 is 10.5 Å². The lowest BCUT2D eigenvalue weighted by Gasteiger charge is -2.35. The predicted octanol–water partition coefficient (Wildman–Crippen LogP) is 4.22. The second kappa shape index (κ2) is 13.1. The summed E-state index contributed by atoms with van der Waals surface area (Å²) < 4.78 is 42.1. The Morgan fingerprint density at radius 3 is 2.57 bits per heavy atom. The van der Waals surface area contributed by atoms with Crippen LogP contribution in [0.1, 0.15) is 31.0 Å². The molecule has 0 saturated carbocycles. The van der Waals surface area contributed by atoms with Crippen LogP contribution in [0, 0.1) is 5.92 Å². The number of aromatic nitrogens is 2. The lowest BCUT2D eigenvalue weighted by atomic mass is 9.94. The van der Waals surface area contributed by atoms with Crippen molar-refractivity contribution in [3.05, 3.63) is 84.7 Å². The molecule has 3 atom stereocenters. The Morgan fingerprint density at radius 2 is 1.75 bits per heavy atom. The van der Waals surface area contributed by atoms with Crippen molar-refractivity contribution in [1.29, 1.82) is 0 Å². The molecule has 2 N–H and O–H groups in total. The van der Waals surface area contributed by atoms with Gasteiger partial charge in [-0.05, 0) is 55.7 Å². The van der Waals surface area contributed by atoms with Crippen LogP contribution in [0.4, 0.5) is 0 Å². The fourth-order valence-electron chi connectivity index (χ4n) is 6.35. The zero-order chi connectivity index (χ0) is 30.7. The van der Waals surface area contributed by atoms with Crippen molar-refractivity contribution < 1.29 is 22.7 Å². The smallest absolute Gasteiger partial charge is 0.243 e. The van der Waals surface area contributed by atoms with Gasteiger partial charge in [0.25, 0.3) is 0 Å². The van der Waals surface area contributed by atoms with Gasteiger partial charge in [-0.1, -0.05) is 36.4 Å². The van der Waals surface area contributed by atoms with E-state index in [0.717, 1.165) is 42.7 Å². The SMILES string of the molecule is COCCCn1c([C@@H]2CCCN(C(=O)[C@@H]3CN(S(=O)(=O)c4cccc(Oc5ccccc5)c4)C[C@H]3N)C2)nc2ccccc21. The number of rotatable bonds is 10. The molecule has 0 unspecified atom stereocenters. The van der Waals surface area contributed by atoms with Crippen LogP contribution in [0.25, 0.3) is 11.0 Å². The van der Waals surface area contributed by atoms with E-state index in [1.165, 1.54) is 10.4 Å². The fourth-order valence-corrected chi connectivity index (χ4v) is 7.89. The van der Waals surface area contributed by atoms with Gasteiger partial charge < -0.3 is 24.7 Å². The number of methoxy groups -OCH3 is 1. The number of para-hydroxylation sites is 3. The summed E-state index contributed by atoms with van der Waals surface area (Å²) in [6, 6.07) is 23.1. The molecule has 44 heavy (non-hydrogen) atoms. The number of amides is 1. The number of likely N-dealkylation sites (tertiary alicyclic amines) is 1. The quantitative estimate of drug-likeness (QED) is 0.265. The minimum Gasteiger partial charge on any atom is -0.457 e. The molecule has 0 spiro atoms. The number of carbonyl (C=O) groups is 1. The maximum atomic E-state index is 13.9. The van der Waals surface area contributed by atoms with Gasteiger partial charge >= 0.3 is 0 Å². The van der Waals surface area contributed by atoms with E-state index >= 15 is 0 Å². The summed E-state index contributed by atoms with van der Waals surface area (Å²) >= 11 is 0. The van der Waals surface area contributed by atoms with Gasteiger partial charge in [-0.25, -0.2) is 13.4 Å². The number of carbonyl (C=O) groups excluding carboxylic acids is 1. The van der Waals surface area contributed by atoms with Crippen LogP contribution in [-0.4, -0.2) is 79.0 Å². The van der Waals surface area contributed by atoms with Crippen LogP contribution in [0.15, 0.2) is 83.8 Å². The first-order valence-electron chi connectivity index (χ1n) is 15.2. The van der Waals surface area contributed by atoms with Crippen molar-refractivity contribution in [2.45, 2.75) is 42.7 Å². The maximum absolute atomic E-state index is 13.9. The number of benzene rings is 3. The highest BCUT2D eigenvalue weighted by molar-refractivity contribution is 7.89. The molecule has 0 bridgehead atoms. The van der Waals surface area contributed by atoms with Crippen LogP contribution >= 0.6 is 0 Å². The molecule has 1 aromatic heterocycles. The van der Waals surface area contributed by atoms with Crippen molar-refractivity contribution >= 4 is 27.0 Å². The summed E-state index contributed by atoms with van der Waals surface area (Å²) in [4.78, 5) is 20.8. The fraction of sp³-hybridized carbons (Fsp3) is 0.394. The predicted molar refractivity (Wildman–Crippen MR) is 168 cm³/mol. The second-order valence-corrected chi connectivity index (χ2v) is 13.5. The molecule has 0 radical (unpaired) electrons. The molecule has 4 aromatic rings. The number of sulfonamides is 1. The van der Waals surface area contributed by atoms with Gasteiger partial charge in [0, 0.05) is 64.5 Å². The molecule has 3 aromatic carbocycles. The number of fused-ring (bicyclic) bond motifs is 1. The zero-order valence-corrected chi connectivity index (χ0v) is 25.7. The Kier molecular flexibility index (Phi) is 8.99. The number of piperidine rings is 1. The third-order valence-electron chi connectivity index (χ3n) is 8.58. The number of ether oxygens (including phenoxy) is 2. The van der Waals surface area contributed by atoms with E-state index in [2.05, 4.69) is 10.6 Å². The highest BCUT2D eigenvalue weighted by atomic mass is 32.2. The average molecular weight is 618 g/mol. The Balaban J connectivity index is 1.16. The third kappa shape index (κ3) is 6.23. The molecule has 2 fully saturated rings. The highest BCUT2D eigenvalue weighted by Gasteiger charge is 2.43. The van der Waals surface area contributed by atoms with Gasteiger partial charge in [0.1, 0.15) is 17.3 Å². The molecule has 10 nitrogen and oxygen atoms in total. The topological polar surface area (TPSA) is 120 Å². The average Bonchev–Trinajstić information content (AvgIpc) is 3.63. The lowest BCUT2D eigenvalue weighted by Crippen LogP contribution is -2.47. The molecule has 6 rings (SSSR count). The van der Waals surface area contributed by atoms with E-state index in [0.29, 0.717) is 31.2 Å². The molecule has 2 aliphatic heterocycles. The summed E-state index contributed by atoms with van der Waals surface area (Å²) in [6.45, 7) is 2.71. The lowest BCUT2D eigenvalue weighted by molar-refractivity contribution is -0.136. The first kappa shape index (κ1) is 30.3. The van der Waals surface area contributed by atoms with Crippen molar-refractivity contribution in [2.75, 3.05) is 39.9 Å². The Morgan fingerprint density at radius 1 is 0.977 bits per heavy atom. The first-order valence-corrected chi connectivity index (χ1v) is 16.6. The van der Waals surface area contributed by atoms with E-state index in [1.807, 2.05) is 41.3 Å². The van der Waals surface area contributed by atoms with E-state index in [9.17, 15) is 13.2 Å². The van der Waals surface area contributed by atoms with Crippen molar-refractivity contribution in [3.8, 4) is 11.5 Å². The molecule has 11 heteroatoms. The Labute approximate surface area is 258 Å². The number of hydrogen-bond donors (Lipinski definition) is 1. The van der Waals surface area contributed by atoms with Gasteiger partial charge in [-0.15, -0.1) is 0 Å². The summed E-state index contributed by atoms with van der Waals surface area (Å²) in [5.41, 5.74) is 8.49. The van der Waals surface area contributed by atoms with Gasteiger partial charge in [-0.3, -0.25) is 4.79 Å². The van der Waals surface area contributed by atoms with E-state index in [4.69, 9.17) is 20.2 Å². The van der Waals surface area contributed by atoms with Crippen LogP contribution in [0.3, 0.4) is 0 Å². The standard InChI is InChI=1S/C33H39N5O5S/c1-42-19-9-18-38-31-16-6-5-15-30(31)35-32(38)24-10-8-17-36(21-24)33(39)28-22-37(23-29(28)34)44(40,41)27-14-7-13-26(20-27)43-25-11-3-2-4-12-25/h2-7,11-16,20,24,28-29H,8-10,17-19,21-23,34H2,1H3/t24-,28-,29-/m1/s1. The van der Waals surface area contributed by atoms with E-state index in [1.54, 1.807) is 37.4 Å². The molecule has 3 heterocycles. The number of imidazole rings is 1. The summed E-state index contributed by atoms with van der Waals surface area (Å²) in [7, 11) is -2.19. The molecule has 232 valence electrons. The number of nitrogens with two attached hydrogens (primary N) is 1. The summed E-state index contributed by atoms with van der Waals surface area (Å²) in [6.07, 6.45) is 2.63. The zero-order valence-electron chi connectivity index (χ0n) is 24.9. The maximum Gasteiger partial charge on any atom is 0.243 e. The number of nitrogens with zero attached hydrogens (tertiary/aromatic N) is 4. The number of hydrogen-bond acceptors (Lipinski definition) is 7. The van der Waals surface area contributed by atoms with E-state index in [-0.39, 0.29) is 29.8 Å². The van der Waals surface area contributed by atoms with Crippen LogP contribution in [-0.2, 0) is 26.1 Å². The van der Waals surface area contributed by atoms with Crippen LogP contribution in [0.5, 0.6) is 11.5 Å². The minimum absolute atomic E-state index is 0.0444. The summed E-state index contributed by atoms with van der Waals surface area (Å²) in [5.74, 6) is 1.38. The largest absolute Gasteiger partial charge is 0.457 e. The van der Waals surface area contributed by atoms with Crippen molar-refractivity contribution in [2.24, 2.45) is 11.7 Å². The van der Waals surface area contributed by atoms with E-state index < -0.39 is 22.0 Å². The number of aryl methyl sites for hydroxylation is 1. The van der Waals surface area contributed by atoms with Gasteiger partial charge in [-0.2, -0.15) is 4.31 Å². The first-order chi connectivity index (χ1) is 21.3. The van der Waals surface area contributed by atoms with Gasteiger partial charge in [0.2, 0.25) is 15.9 Å².